The van der Waals surface area contributed by atoms with Crippen LogP contribution in [0.25, 0.3) is 32.9 Å². The van der Waals surface area contributed by atoms with Gasteiger partial charge in [0.05, 0.1) is 15.0 Å². The molecule has 2 aromatic heterocycles. The van der Waals surface area contributed by atoms with E-state index in [0.717, 1.165) is 25.0 Å². The lowest BCUT2D eigenvalue weighted by molar-refractivity contribution is 0.107. The van der Waals surface area contributed by atoms with Crippen LogP contribution in [-0.4, -0.2) is 81.5 Å². The number of piperazine rings is 1. The normalized spacial score (nSPS) is 30.0. The number of rotatable bonds is 5. The van der Waals surface area contributed by atoms with Crippen molar-refractivity contribution in [3.8, 4) is 23.0 Å². The van der Waals surface area contributed by atoms with Crippen LogP contribution in [0.1, 0.15) is 36.2 Å². The highest BCUT2D eigenvalue weighted by molar-refractivity contribution is 6.00. The number of phenolic OH excluding ortho intramolecular Hbond substituents is 1. The van der Waals surface area contributed by atoms with E-state index in [1.807, 2.05) is 4.90 Å². The molecule has 4 aliphatic heterocycles. The maximum atomic E-state index is 16.7. The topological polar surface area (TPSA) is 86.6 Å². The lowest BCUT2D eigenvalue weighted by atomic mass is 9.95. The Morgan fingerprint density at radius 1 is 1.12 bits per heavy atom. The number of phenols is 1. The van der Waals surface area contributed by atoms with Crippen molar-refractivity contribution in [2.45, 2.75) is 55.9 Å². The van der Waals surface area contributed by atoms with Crippen molar-refractivity contribution in [3.05, 3.63) is 47.9 Å². The summed E-state index contributed by atoms with van der Waals surface area (Å²) in [6.07, 6.45) is 1.27. The minimum absolute atomic E-state index is 0.127. The van der Waals surface area contributed by atoms with Gasteiger partial charge in [-0.2, -0.15) is 9.97 Å². The quantitative estimate of drug-likeness (QED) is 0.316. The summed E-state index contributed by atoms with van der Waals surface area (Å²) in [6, 6.07) is 4.32. The van der Waals surface area contributed by atoms with Gasteiger partial charge in [0.1, 0.15) is 35.5 Å². The molecule has 4 atom stereocenters. The minimum atomic E-state index is -2.56. The number of alkyl halides is 1. The number of anilines is 1. The number of nitrogens with zero attached hydrogens (tertiary/aromatic N) is 5. The molecule has 43 heavy (non-hydrogen) atoms. The summed E-state index contributed by atoms with van der Waals surface area (Å²) < 4.78 is 92.9. The number of aromatic nitrogens is 3. The van der Waals surface area contributed by atoms with Gasteiger partial charge in [0.2, 0.25) is 0 Å². The molecular formula is C31H30F4N6O2. The molecular weight excluding hydrogens is 564 g/mol. The Hall–Kier alpha value is -3.77. The van der Waals surface area contributed by atoms with E-state index >= 15 is 8.78 Å². The average Bonchev–Trinajstić information content (AvgIpc) is 3.63. The molecule has 0 aliphatic carbocycles. The fraction of sp³-hybridized carbons (Fsp3) is 0.452. The van der Waals surface area contributed by atoms with Gasteiger partial charge in [0.15, 0.2) is 17.5 Å². The zero-order valence-electron chi connectivity index (χ0n) is 26.0. The number of aromatic hydroxyl groups is 1. The first-order chi connectivity index (χ1) is 21.8. The molecule has 2 N–H and O–H groups in total. The molecule has 4 saturated heterocycles. The van der Waals surface area contributed by atoms with Crippen LogP contribution in [0.3, 0.4) is 0 Å². The van der Waals surface area contributed by atoms with E-state index < -0.39 is 53.8 Å². The molecule has 0 unspecified atom stereocenters. The van der Waals surface area contributed by atoms with Gasteiger partial charge in [0, 0.05) is 55.3 Å². The number of nitrogens with one attached hydrogen (secondary N) is 1. The number of pyridine rings is 1. The molecule has 0 radical (unpaired) electrons. The molecule has 4 fully saturated rings. The first-order valence-electron chi connectivity index (χ1n) is 16.0. The van der Waals surface area contributed by atoms with E-state index in [0.29, 0.717) is 26.1 Å². The van der Waals surface area contributed by atoms with Crippen molar-refractivity contribution < 1.29 is 31.5 Å². The molecule has 12 heteroatoms. The van der Waals surface area contributed by atoms with E-state index in [4.69, 9.17) is 8.85 Å². The van der Waals surface area contributed by atoms with E-state index in [1.54, 1.807) is 4.90 Å². The van der Waals surface area contributed by atoms with Crippen LogP contribution in [0, 0.1) is 17.5 Å². The van der Waals surface area contributed by atoms with Crippen LogP contribution in [0.4, 0.5) is 23.4 Å². The van der Waals surface area contributed by atoms with Crippen molar-refractivity contribution in [1.29, 1.82) is 0 Å². The van der Waals surface area contributed by atoms with Crippen molar-refractivity contribution in [2.75, 3.05) is 37.6 Å². The summed E-state index contributed by atoms with van der Waals surface area (Å²) in [5.41, 5.74) is -2.36. The van der Waals surface area contributed by atoms with Crippen LogP contribution in [0.15, 0.2) is 30.5 Å². The van der Waals surface area contributed by atoms with Crippen LogP contribution in [0.2, 0.25) is 0 Å². The van der Waals surface area contributed by atoms with Gasteiger partial charge in [0.25, 0.3) is 0 Å². The lowest BCUT2D eigenvalue weighted by Gasteiger charge is -2.34. The molecule has 4 aliphatic rings. The summed E-state index contributed by atoms with van der Waals surface area (Å²) in [5.74, 6) is -3.48. The zero-order chi connectivity index (χ0) is 32.2. The van der Waals surface area contributed by atoms with E-state index in [1.165, 1.54) is 18.3 Å². The number of fused-ring (bicyclic) bond motifs is 5. The fourth-order valence-electron chi connectivity index (χ4n) is 7.27. The fourth-order valence-corrected chi connectivity index (χ4v) is 7.27. The van der Waals surface area contributed by atoms with Gasteiger partial charge in [-0.25, -0.2) is 17.6 Å². The molecule has 2 aromatic carbocycles. The van der Waals surface area contributed by atoms with E-state index in [9.17, 15) is 13.9 Å². The third kappa shape index (κ3) is 4.36. The van der Waals surface area contributed by atoms with Crippen molar-refractivity contribution in [2.24, 2.45) is 0 Å². The first kappa shape index (κ1) is 23.7. The third-order valence-corrected chi connectivity index (χ3v) is 9.21. The maximum absolute atomic E-state index is 16.7. The van der Waals surface area contributed by atoms with Crippen LogP contribution >= 0.6 is 0 Å². The highest BCUT2D eigenvalue weighted by Gasteiger charge is 2.49. The van der Waals surface area contributed by atoms with Gasteiger partial charge < -0.3 is 20.1 Å². The number of hydrogen-bond acceptors (Lipinski definition) is 8. The van der Waals surface area contributed by atoms with E-state index in [2.05, 4.69) is 20.3 Å². The maximum Gasteiger partial charge on any atom is 0.319 e. The number of ether oxygens (including phenoxy) is 1. The lowest BCUT2D eigenvalue weighted by Crippen LogP contribution is -2.51. The molecule has 0 amide bonds. The Balaban J connectivity index is 1.30. The minimum Gasteiger partial charge on any atom is -0.508 e. The molecule has 224 valence electrons. The third-order valence-electron chi connectivity index (χ3n) is 9.21. The SMILES string of the molecule is [2H]C([2H])(Oc1nc(N2C[C@H]3CC[C@@H](C2)N3)c2cnc(-c3cc(O)cc4ccc(F)c(F)c34)c(F)c2n1)[C@@]12CCCN1C[C@]([2H])(F)C2. The van der Waals surface area contributed by atoms with Crippen molar-refractivity contribution >= 4 is 27.5 Å². The van der Waals surface area contributed by atoms with E-state index in [-0.39, 0.29) is 63.9 Å². The standard InChI is InChI=1S/C31H30F4N6O2/c32-17-10-31(6-1-7-41(31)12-17)15-43-30-38-28-22(29(39-30)40-13-18-3-4-19(14-40)37-18)11-36-27(26(28)35)21-9-20(42)8-16-2-5-23(33)25(34)24(16)21/h2,5,8-9,11,17-19,37,42H,1,3-4,6-7,10,12-15H2/t17-,18-,19+,31+/m1/s1/i15D2,17D. The highest BCUT2D eigenvalue weighted by Crippen LogP contribution is 2.42. The molecule has 0 saturated carbocycles. The Labute approximate surface area is 248 Å². The van der Waals surface area contributed by atoms with Gasteiger partial charge in [-0.3, -0.25) is 9.88 Å². The second kappa shape index (κ2) is 9.88. The van der Waals surface area contributed by atoms with Crippen LogP contribution in [0.5, 0.6) is 11.8 Å². The van der Waals surface area contributed by atoms with Gasteiger partial charge in [-0.05, 0) is 55.8 Å². The molecule has 8 rings (SSSR count). The number of hydrogen-bond donors (Lipinski definition) is 2. The van der Waals surface area contributed by atoms with Crippen LogP contribution < -0.4 is 15.0 Å². The second-order valence-electron chi connectivity index (χ2n) is 12.0. The first-order valence-corrected chi connectivity index (χ1v) is 14.5. The molecule has 6 heterocycles. The Morgan fingerprint density at radius 3 is 2.74 bits per heavy atom. The predicted molar refractivity (Wildman–Crippen MR) is 153 cm³/mol. The molecule has 2 bridgehead atoms. The predicted octanol–water partition coefficient (Wildman–Crippen LogP) is 4.86. The second-order valence-corrected chi connectivity index (χ2v) is 12.0. The monoisotopic (exact) mass is 597 g/mol. The van der Waals surface area contributed by atoms with Crippen LogP contribution in [-0.2, 0) is 0 Å². The van der Waals surface area contributed by atoms with Gasteiger partial charge in [-0.1, -0.05) is 6.07 Å². The summed E-state index contributed by atoms with van der Waals surface area (Å²) in [6.45, 7) is -1.36. The Kier molecular flexibility index (Phi) is 5.44. The largest absolute Gasteiger partial charge is 0.508 e. The Morgan fingerprint density at radius 2 is 1.93 bits per heavy atom. The Bertz CT molecular complexity index is 1910. The van der Waals surface area contributed by atoms with Gasteiger partial charge in [-0.15, -0.1) is 0 Å². The summed E-state index contributed by atoms with van der Waals surface area (Å²) in [5, 5.41) is 13.9. The number of halogens is 4. The highest BCUT2D eigenvalue weighted by atomic mass is 19.2. The van der Waals surface area contributed by atoms with Gasteiger partial charge >= 0.3 is 6.01 Å². The van der Waals surface area contributed by atoms with Crippen molar-refractivity contribution in [1.82, 2.24) is 25.2 Å². The zero-order valence-corrected chi connectivity index (χ0v) is 23.0. The molecule has 8 nitrogen and oxygen atoms in total. The number of benzene rings is 2. The summed E-state index contributed by atoms with van der Waals surface area (Å²) >= 11 is 0. The average molecular weight is 598 g/mol. The molecule has 0 spiro atoms. The smallest absolute Gasteiger partial charge is 0.319 e. The van der Waals surface area contributed by atoms with Crippen molar-refractivity contribution in [3.63, 3.8) is 0 Å². The molecule has 4 aromatic rings. The summed E-state index contributed by atoms with van der Waals surface area (Å²) in [4.78, 5) is 16.7. The summed E-state index contributed by atoms with van der Waals surface area (Å²) in [7, 11) is 0.